The topological polar surface area (TPSA) is 35.6 Å². The molecule has 0 spiro atoms. The zero-order valence-corrected chi connectivity index (χ0v) is 22.0. The summed E-state index contributed by atoms with van der Waals surface area (Å²) in [4.78, 5) is 9.43. The van der Waals surface area contributed by atoms with Crippen molar-refractivity contribution in [1.82, 2.24) is 19.1 Å². The van der Waals surface area contributed by atoms with Crippen LogP contribution in [0.4, 0.5) is 0 Å². The second-order valence-corrected chi connectivity index (χ2v) is 12.7. The Morgan fingerprint density at radius 3 is 2.35 bits per heavy atom. The van der Waals surface area contributed by atoms with Gasteiger partial charge in [-0.15, -0.1) is 0 Å². The van der Waals surface area contributed by atoms with Gasteiger partial charge in [0.25, 0.3) is 0 Å². The Hall–Kier alpha value is -3.14. The number of benzene rings is 2. The van der Waals surface area contributed by atoms with E-state index in [2.05, 4.69) is 96.3 Å². The number of rotatable bonds is 2. The number of fused-ring (bicyclic) bond motifs is 7. The minimum absolute atomic E-state index is 0.235. The lowest BCUT2D eigenvalue weighted by atomic mass is 9.47. The van der Waals surface area contributed by atoms with Gasteiger partial charge in [0, 0.05) is 17.2 Å². The fraction of sp³-hybridized carbons (Fsp3) is 0.455. The van der Waals surface area contributed by atoms with Crippen LogP contribution in [-0.4, -0.2) is 19.1 Å². The predicted molar refractivity (Wildman–Crippen MR) is 150 cm³/mol. The average Bonchev–Trinajstić information content (AvgIpc) is 3.63. The first-order valence-electron chi connectivity index (χ1n) is 14.3. The summed E-state index contributed by atoms with van der Waals surface area (Å²) < 4.78 is 4.87. The number of nitrogens with zero attached hydrogens (tertiary/aromatic N) is 4. The standard InChI is InChI=1S/C33H36N4/c1-32-17-15-23(36-20-34-27-7-3-5-9-29(27)36)19-22(32)11-12-24-25-13-14-31(33(25,2)18-16-26(24)32)37-21-35-28-8-4-6-10-30(28)37/h3-11,14,20-21,23-26H,12-13,15-19H2,1-2H3/t23-,24-,25-,26-,32-,33-/m0/s1. The molecule has 0 N–H and O–H groups in total. The van der Waals surface area contributed by atoms with E-state index in [1.165, 1.54) is 61.7 Å². The Labute approximate surface area is 219 Å². The molecule has 6 atom stereocenters. The van der Waals surface area contributed by atoms with E-state index in [0.717, 1.165) is 28.8 Å². The summed E-state index contributed by atoms with van der Waals surface area (Å²) in [6.45, 7) is 5.18. The third-order valence-electron chi connectivity index (χ3n) is 11.2. The molecular formula is C33H36N4. The second kappa shape index (κ2) is 7.69. The molecular weight excluding hydrogens is 452 g/mol. The molecule has 2 heterocycles. The molecule has 8 rings (SSSR count). The van der Waals surface area contributed by atoms with Gasteiger partial charge in [0.05, 0.1) is 28.4 Å². The summed E-state index contributed by atoms with van der Waals surface area (Å²) in [6.07, 6.45) is 18.2. The van der Waals surface area contributed by atoms with Crippen LogP contribution in [0.5, 0.6) is 0 Å². The highest BCUT2D eigenvalue weighted by Gasteiger charge is 2.57. The largest absolute Gasteiger partial charge is 0.327 e. The highest BCUT2D eigenvalue weighted by molar-refractivity contribution is 5.80. The smallest absolute Gasteiger partial charge is 0.100 e. The van der Waals surface area contributed by atoms with Gasteiger partial charge in [-0.1, -0.05) is 55.8 Å². The monoisotopic (exact) mass is 488 g/mol. The molecule has 0 bridgehead atoms. The van der Waals surface area contributed by atoms with Crippen molar-refractivity contribution in [2.75, 3.05) is 0 Å². The summed E-state index contributed by atoms with van der Waals surface area (Å²) in [5, 5.41) is 0. The van der Waals surface area contributed by atoms with Crippen molar-refractivity contribution in [3.05, 3.63) is 78.9 Å². The fourth-order valence-corrected chi connectivity index (χ4v) is 9.22. The molecule has 188 valence electrons. The fourth-order valence-electron chi connectivity index (χ4n) is 9.22. The normalized spacial score (nSPS) is 35.1. The Morgan fingerprint density at radius 1 is 0.757 bits per heavy atom. The van der Waals surface area contributed by atoms with Crippen molar-refractivity contribution >= 4 is 27.8 Å². The Bertz CT molecular complexity index is 1590. The average molecular weight is 489 g/mol. The first-order chi connectivity index (χ1) is 18.1. The number of aromatic nitrogens is 4. The molecule has 4 heteroatoms. The Morgan fingerprint density at radius 2 is 1.49 bits per heavy atom. The number of imidazole rings is 2. The molecule has 0 unspecified atom stereocenters. The Balaban J connectivity index is 1.09. The SMILES string of the molecule is C[C@]12CC[C@H](n3cnc4ccccc43)CC1=CC[C@@H]1[C@@H]2CC[C@]2(C)C(n3cnc4ccccc43)=CC[C@@H]12. The molecule has 0 amide bonds. The van der Waals surface area contributed by atoms with E-state index in [4.69, 9.17) is 9.97 Å². The lowest BCUT2D eigenvalue weighted by Crippen LogP contribution is -2.49. The molecule has 0 aliphatic heterocycles. The van der Waals surface area contributed by atoms with Crippen LogP contribution in [0.2, 0.25) is 0 Å². The summed E-state index contributed by atoms with van der Waals surface area (Å²) in [7, 11) is 0. The van der Waals surface area contributed by atoms with E-state index in [0.29, 0.717) is 11.5 Å². The van der Waals surface area contributed by atoms with E-state index in [-0.39, 0.29) is 5.41 Å². The molecule has 4 aliphatic carbocycles. The van der Waals surface area contributed by atoms with Crippen molar-refractivity contribution in [2.45, 2.75) is 64.8 Å². The zero-order valence-electron chi connectivity index (χ0n) is 22.0. The van der Waals surface area contributed by atoms with Crippen molar-refractivity contribution in [2.24, 2.45) is 28.6 Å². The molecule has 0 saturated heterocycles. The third-order valence-corrected chi connectivity index (χ3v) is 11.2. The quantitative estimate of drug-likeness (QED) is 0.268. The molecule has 37 heavy (non-hydrogen) atoms. The number of hydrogen-bond donors (Lipinski definition) is 0. The van der Waals surface area contributed by atoms with Crippen LogP contribution >= 0.6 is 0 Å². The van der Waals surface area contributed by atoms with E-state index < -0.39 is 0 Å². The summed E-state index contributed by atoms with van der Waals surface area (Å²) >= 11 is 0. The highest BCUT2D eigenvalue weighted by atomic mass is 15.1. The van der Waals surface area contributed by atoms with Crippen molar-refractivity contribution in [3.63, 3.8) is 0 Å². The van der Waals surface area contributed by atoms with Crippen LogP contribution in [0.15, 0.2) is 78.9 Å². The molecule has 2 aromatic carbocycles. The highest BCUT2D eigenvalue weighted by Crippen LogP contribution is 2.66. The summed E-state index contributed by atoms with van der Waals surface area (Å²) in [6, 6.07) is 17.7. The van der Waals surface area contributed by atoms with Gasteiger partial charge >= 0.3 is 0 Å². The van der Waals surface area contributed by atoms with Crippen molar-refractivity contribution in [1.29, 1.82) is 0 Å². The van der Waals surface area contributed by atoms with Gasteiger partial charge in [0.1, 0.15) is 6.33 Å². The van der Waals surface area contributed by atoms with E-state index in [1.807, 2.05) is 0 Å². The number of allylic oxidation sites excluding steroid dienone is 4. The van der Waals surface area contributed by atoms with Gasteiger partial charge in [-0.2, -0.15) is 0 Å². The lowest BCUT2D eigenvalue weighted by molar-refractivity contribution is -0.0150. The minimum atomic E-state index is 0.235. The van der Waals surface area contributed by atoms with Crippen molar-refractivity contribution in [3.8, 4) is 0 Å². The van der Waals surface area contributed by atoms with Gasteiger partial charge in [0.15, 0.2) is 0 Å². The first kappa shape index (κ1) is 21.9. The molecule has 2 fully saturated rings. The van der Waals surface area contributed by atoms with Crippen molar-refractivity contribution < 1.29 is 0 Å². The van der Waals surface area contributed by atoms with Crippen LogP contribution in [0, 0.1) is 28.6 Å². The van der Waals surface area contributed by atoms with Gasteiger partial charge in [0.2, 0.25) is 0 Å². The van der Waals surface area contributed by atoms with Crippen LogP contribution in [0.1, 0.15) is 64.8 Å². The lowest BCUT2D eigenvalue weighted by Gasteiger charge is -2.58. The maximum absolute atomic E-state index is 4.73. The van der Waals surface area contributed by atoms with Crippen LogP contribution in [-0.2, 0) is 0 Å². The van der Waals surface area contributed by atoms with Crippen LogP contribution in [0.3, 0.4) is 0 Å². The molecule has 4 aromatic rings. The van der Waals surface area contributed by atoms with E-state index in [9.17, 15) is 0 Å². The maximum Gasteiger partial charge on any atom is 0.100 e. The van der Waals surface area contributed by atoms with Gasteiger partial charge < -0.3 is 9.13 Å². The van der Waals surface area contributed by atoms with Crippen LogP contribution < -0.4 is 0 Å². The summed E-state index contributed by atoms with van der Waals surface area (Å²) in [5.74, 6) is 2.31. The number of hydrogen-bond acceptors (Lipinski definition) is 2. The molecule has 2 saturated carbocycles. The van der Waals surface area contributed by atoms with Gasteiger partial charge in [-0.25, -0.2) is 9.97 Å². The predicted octanol–water partition coefficient (Wildman–Crippen LogP) is 8.04. The van der Waals surface area contributed by atoms with E-state index in [1.54, 1.807) is 5.57 Å². The molecule has 4 aliphatic rings. The molecule has 4 nitrogen and oxygen atoms in total. The number of para-hydroxylation sites is 4. The zero-order chi connectivity index (χ0) is 24.8. The second-order valence-electron chi connectivity index (χ2n) is 12.7. The molecule has 2 aromatic heterocycles. The maximum atomic E-state index is 4.73. The van der Waals surface area contributed by atoms with Gasteiger partial charge in [-0.05, 0) is 92.4 Å². The minimum Gasteiger partial charge on any atom is -0.327 e. The first-order valence-corrected chi connectivity index (χ1v) is 14.3. The third kappa shape index (κ3) is 2.96. The van der Waals surface area contributed by atoms with Gasteiger partial charge in [-0.3, -0.25) is 0 Å². The summed E-state index contributed by atoms with van der Waals surface area (Å²) in [5.41, 5.74) is 8.58. The van der Waals surface area contributed by atoms with Crippen LogP contribution in [0.25, 0.3) is 27.8 Å². The van der Waals surface area contributed by atoms with E-state index >= 15 is 0 Å². The Kier molecular flexibility index (Phi) is 4.55. The molecule has 0 radical (unpaired) electrons.